The molecule has 0 saturated carbocycles. The molecule has 49 heavy (non-hydrogen) atoms. The Balaban J connectivity index is 1.35. The number of rotatable bonds is 10. The van der Waals surface area contributed by atoms with Crippen molar-refractivity contribution in [1.82, 2.24) is 10.2 Å². The van der Waals surface area contributed by atoms with Crippen LogP contribution in [0.5, 0.6) is 17.2 Å². The molecule has 0 spiro atoms. The highest BCUT2D eigenvalue weighted by atomic mass is 79.9. The van der Waals surface area contributed by atoms with Gasteiger partial charge in [-0.1, -0.05) is 76.6 Å². The second-order valence-electron chi connectivity index (χ2n) is 10.8. The number of benzene rings is 4. The fourth-order valence-corrected chi connectivity index (χ4v) is 8.07. The van der Waals surface area contributed by atoms with Crippen LogP contribution >= 0.6 is 62.2 Å². The smallest absolute Gasteiger partial charge is 0.301 e. The molecule has 6 rings (SSSR count). The summed E-state index contributed by atoms with van der Waals surface area (Å²) in [5.74, 6) is -1.26. The number of hydrogen-bond acceptors (Lipinski definition) is 10. The Morgan fingerprint density at radius 1 is 1.02 bits per heavy atom. The maximum absolute atomic E-state index is 13.7. The van der Waals surface area contributed by atoms with Crippen molar-refractivity contribution in [2.24, 2.45) is 0 Å². The SMILES string of the molecule is COc1cc(C2C(=C(O)c3ccc(OCc4ccccc4C)cc3)C(=O)C(=O)N2c2nnc(SCc3ccc(Cl)cc3Cl)s2)cc(Br)c1O. The van der Waals surface area contributed by atoms with E-state index in [1.807, 2.05) is 37.3 Å². The lowest BCUT2D eigenvalue weighted by atomic mass is 9.95. The van der Waals surface area contributed by atoms with Gasteiger partial charge in [0, 0.05) is 21.4 Å². The zero-order chi connectivity index (χ0) is 34.8. The van der Waals surface area contributed by atoms with Crippen LogP contribution in [0.3, 0.4) is 0 Å². The van der Waals surface area contributed by atoms with Crippen LogP contribution in [0.15, 0.2) is 93.2 Å². The standard InChI is InChI=1S/C35H26BrCl2N3O6S2/c1-18-5-3-4-6-20(18)16-47-24-11-8-19(9-12-24)30(42)28-29(22-13-25(36)31(43)27(14-22)46-2)41(33(45)32(28)44)34-39-40-35(49-34)48-17-21-7-10-23(37)15-26(21)38/h3-15,29,42-43H,16-17H2,1-2H3. The molecule has 9 nitrogen and oxygen atoms in total. The Bertz CT molecular complexity index is 2110. The third-order valence-corrected chi connectivity index (χ3v) is 11.1. The molecule has 1 amide bonds. The van der Waals surface area contributed by atoms with Gasteiger partial charge in [0.25, 0.3) is 5.78 Å². The number of aromatic nitrogens is 2. The third-order valence-electron chi connectivity index (χ3n) is 7.78. The lowest BCUT2D eigenvalue weighted by Crippen LogP contribution is -2.29. The zero-order valence-corrected chi connectivity index (χ0v) is 30.5. The number of ether oxygens (including phenoxy) is 2. The fourth-order valence-electron chi connectivity index (χ4n) is 5.19. The summed E-state index contributed by atoms with van der Waals surface area (Å²) in [6.45, 7) is 2.36. The van der Waals surface area contributed by atoms with Gasteiger partial charge in [-0.15, -0.1) is 10.2 Å². The number of aliphatic hydroxyl groups is 1. The summed E-state index contributed by atoms with van der Waals surface area (Å²) in [6.07, 6.45) is 0. The molecule has 5 aromatic rings. The van der Waals surface area contributed by atoms with Gasteiger partial charge in [-0.2, -0.15) is 0 Å². The van der Waals surface area contributed by atoms with Crippen molar-refractivity contribution in [1.29, 1.82) is 0 Å². The average Bonchev–Trinajstić information content (AvgIpc) is 3.66. The molecule has 1 aromatic heterocycles. The molecule has 2 N–H and O–H groups in total. The number of thioether (sulfide) groups is 1. The average molecular weight is 800 g/mol. The number of aliphatic hydroxyl groups excluding tert-OH is 1. The van der Waals surface area contributed by atoms with Gasteiger partial charge in [0.05, 0.1) is 23.2 Å². The molecule has 1 fully saturated rings. The summed E-state index contributed by atoms with van der Waals surface area (Å²) >= 11 is 18.2. The van der Waals surface area contributed by atoms with Gasteiger partial charge in [0.15, 0.2) is 15.8 Å². The van der Waals surface area contributed by atoms with Crippen LogP contribution in [0, 0.1) is 6.92 Å². The van der Waals surface area contributed by atoms with E-state index < -0.39 is 23.5 Å². The highest BCUT2D eigenvalue weighted by molar-refractivity contribution is 9.10. The Kier molecular flexibility index (Phi) is 10.5. The number of aryl methyl sites for hydroxylation is 1. The summed E-state index contributed by atoms with van der Waals surface area (Å²) in [4.78, 5) is 28.7. The first-order valence-corrected chi connectivity index (χ1v) is 18.0. The zero-order valence-electron chi connectivity index (χ0n) is 25.8. The summed E-state index contributed by atoms with van der Waals surface area (Å²) in [5, 5.41) is 31.8. The summed E-state index contributed by atoms with van der Waals surface area (Å²) in [7, 11) is 1.38. The van der Waals surface area contributed by atoms with Crippen LogP contribution in [0.4, 0.5) is 5.13 Å². The highest BCUT2D eigenvalue weighted by Gasteiger charge is 2.48. The number of amides is 1. The van der Waals surface area contributed by atoms with Gasteiger partial charge in [0.1, 0.15) is 18.1 Å². The topological polar surface area (TPSA) is 122 Å². The number of methoxy groups -OCH3 is 1. The summed E-state index contributed by atoms with van der Waals surface area (Å²) < 4.78 is 12.1. The number of ketones is 1. The Labute approximate surface area is 308 Å². The van der Waals surface area contributed by atoms with Crippen LogP contribution in [0.1, 0.15) is 33.9 Å². The van der Waals surface area contributed by atoms with Gasteiger partial charge < -0.3 is 19.7 Å². The van der Waals surface area contributed by atoms with Crippen molar-refractivity contribution < 1.29 is 29.3 Å². The number of halogens is 3. The quantitative estimate of drug-likeness (QED) is 0.0469. The van der Waals surface area contributed by atoms with Crippen molar-refractivity contribution in [3.63, 3.8) is 0 Å². The van der Waals surface area contributed by atoms with Crippen molar-refractivity contribution in [3.05, 3.63) is 127 Å². The fraction of sp³-hybridized carbons (Fsp3) is 0.143. The summed E-state index contributed by atoms with van der Waals surface area (Å²) in [5.41, 5.74) is 3.47. The minimum atomic E-state index is -1.14. The maximum Gasteiger partial charge on any atom is 0.301 e. The molecule has 1 atom stereocenters. The van der Waals surface area contributed by atoms with Gasteiger partial charge in [0.2, 0.25) is 5.13 Å². The minimum absolute atomic E-state index is 0.0958. The lowest BCUT2D eigenvalue weighted by Gasteiger charge is -2.23. The molecule has 4 aromatic carbocycles. The number of nitrogens with zero attached hydrogens (tertiary/aromatic N) is 3. The van der Waals surface area contributed by atoms with Gasteiger partial charge >= 0.3 is 5.91 Å². The number of phenols is 1. The van der Waals surface area contributed by atoms with Crippen LogP contribution in [0.25, 0.3) is 5.76 Å². The summed E-state index contributed by atoms with van der Waals surface area (Å²) in [6, 6.07) is 21.6. The first-order chi connectivity index (χ1) is 23.5. The van der Waals surface area contributed by atoms with E-state index in [0.717, 1.165) is 28.0 Å². The number of anilines is 1. The van der Waals surface area contributed by atoms with Gasteiger partial charge in [-0.05, 0) is 93.6 Å². The van der Waals surface area contributed by atoms with Crippen molar-refractivity contribution in [2.45, 2.75) is 29.7 Å². The van der Waals surface area contributed by atoms with Crippen LogP contribution in [-0.4, -0.2) is 39.2 Å². The first kappa shape index (κ1) is 34.8. The molecule has 14 heteroatoms. The molecule has 1 unspecified atom stereocenters. The molecule has 0 bridgehead atoms. The van der Waals surface area contributed by atoms with E-state index in [9.17, 15) is 19.8 Å². The number of hydrogen-bond donors (Lipinski definition) is 2. The van der Waals surface area contributed by atoms with Gasteiger partial charge in [-0.25, -0.2) is 0 Å². The molecule has 1 aliphatic rings. The van der Waals surface area contributed by atoms with Crippen molar-refractivity contribution in [2.75, 3.05) is 12.0 Å². The Morgan fingerprint density at radius 2 is 1.78 bits per heavy atom. The first-order valence-electron chi connectivity index (χ1n) is 14.6. The van der Waals surface area contributed by atoms with E-state index in [2.05, 4.69) is 26.1 Å². The number of aromatic hydroxyl groups is 1. The largest absolute Gasteiger partial charge is 0.507 e. The van der Waals surface area contributed by atoms with Crippen LogP contribution < -0.4 is 14.4 Å². The van der Waals surface area contributed by atoms with Crippen molar-refractivity contribution >= 4 is 84.8 Å². The number of carbonyl (C=O) groups is 2. The third kappa shape index (κ3) is 7.29. The highest BCUT2D eigenvalue weighted by Crippen LogP contribution is 2.47. The number of carbonyl (C=O) groups excluding carboxylic acids is 2. The van der Waals surface area contributed by atoms with E-state index in [0.29, 0.717) is 43.6 Å². The second kappa shape index (κ2) is 14.8. The molecule has 1 aliphatic heterocycles. The monoisotopic (exact) mass is 797 g/mol. The van der Waals surface area contributed by atoms with Crippen LogP contribution in [0.2, 0.25) is 10.0 Å². The van der Waals surface area contributed by atoms with E-state index in [1.54, 1.807) is 42.5 Å². The van der Waals surface area contributed by atoms with E-state index >= 15 is 0 Å². The normalized spacial score (nSPS) is 15.5. The Morgan fingerprint density at radius 3 is 2.49 bits per heavy atom. The second-order valence-corrected chi connectivity index (χ2v) is 14.7. The lowest BCUT2D eigenvalue weighted by molar-refractivity contribution is -0.132. The minimum Gasteiger partial charge on any atom is -0.507 e. The van der Waals surface area contributed by atoms with E-state index in [4.69, 9.17) is 32.7 Å². The Hall–Kier alpha value is -4.07. The molecule has 0 radical (unpaired) electrons. The van der Waals surface area contributed by atoms with Crippen molar-refractivity contribution in [3.8, 4) is 17.2 Å². The predicted octanol–water partition coefficient (Wildman–Crippen LogP) is 9.13. The molecule has 2 heterocycles. The molecule has 250 valence electrons. The number of phenolic OH excluding ortho intramolecular Hbond substituents is 1. The van der Waals surface area contributed by atoms with E-state index in [-0.39, 0.29) is 26.7 Å². The molecular formula is C35H26BrCl2N3O6S2. The molecule has 1 saturated heterocycles. The predicted molar refractivity (Wildman–Crippen MR) is 195 cm³/mol. The molecular weight excluding hydrogens is 773 g/mol. The molecule has 0 aliphatic carbocycles. The maximum atomic E-state index is 13.7. The van der Waals surface area contributed by atoms with E-state index in [1.165, 1.54) is 29.8 Å². The number of Topliss-reactive ketones (excluding diaryl/α,β-unsaturated/α-hetero) is 1. The van der Waals surface area contributed by atoms with Crippen LogP contribution in [-0.2, 0) is 21.9 Å². The van der Waals surface area contributed by atoms with Gasteiger partial charge in [-0.3, -0.25) is 14.5 Å².